The molecule has 1 heterocycles. The maximum absolute atomic E-state index is 9.28. The van der Waals surface area contributed by atoms with Crippen molar-refractivity contribution in [1.29, 1.82) is 5.26 Å². The molecule has 0 radical (unpaired) electrons. The predicted molar refractivity (Wildman–Crippen MR) is 70.6 cm³/mol. The van der Waals surface area contributed by atoms with Gasteiger partial charge in [0.2, 0.25) is 0 Å². The third kappa shape index (κ3) is 1.92. The molecule has 0 bridgehead atoms. The number of para-hydroxylation sites is 2. The van der Waals surface area contributed by atoms with E-state index in [1.54, 1.807) is 0 Å². The summed E-state index contributed by atoms with van der Waals surface area (Å²) in [6, 6.07) is 11.1. The fourth-order valence-electron chi connectivity index (χ4n) is 3.16. The Bertz CT molecular complexity index is 466. The van der Waals surface area contributed by atoms with Crippen LogP contribution in [0.15, 0.2) is 24.3 Å². The Kier molecular flexibility index (Phi) is 3.10. The largest absolute Gasteiger partial charge is 0.491 e. The number of hydrogen-bond donors (Lipinski definition) is 0. The fourth-order valence-corrected chi connectivity index (χ4v) is 3.16. The molecule has 0 saturated heterocycles. The minimum atomic E-state index is 0.177. The van der Waals surface area contributed by atoms with E-state index in [2.05, 4.69) is 23.1 Å². The number of benzene rings is 1. The topological polar surface area (TPSA) is 36.3 Å². The van der Waals surface area contributed by atoms with Crippen molar-refractivity contribution in [2.45, 2.75) is 31.7 Å². The second-order valence-corrected chi connectivity index (χ2v) is 5.10. The van der Waals surface area contributed by atoms with Crippen LogP contribution in [0.3, 0.4) is 0 Å². The zero-order valence-electron chi connectivity index (χ0n) is 10.5. The summed E-state index contributed by atoms with van der Waals surface area (Å²) in [5.41, 5.74) is 1.17. The first-order valence-corrected chi connectivity index (χ1v) is 6.78. The van der Waals surface area contributed by atoms with E-state index in [1.807, 2.05) is 12.1 Å². The van der Waals surface area contributed by atoms with Gasteiger partial charge in [-0.1, -0.05) is 12.1 Å². The molecule has 94 valence electrons. The first kappa shape index (κ1) is 11.4. The Morgan fingerprint density at radius 1 is 1.22 bits per heavy atom. The highest BCUT2D eigenvalue weighted by molar-refractivity contribution is 5.60. The molecule has 0 amide bonds. The van der Waals surface area contributed by atoms with Crippen LogP contribution in [-0.4, -0.2) is 19.2 Å². The van der Waals surface area contributed by atoms with Gasteiger partial charge in [0.15, 0.2) is 0 Å². The minimum absolute atomic E-state index is 0.177. The van der Waals surface area contributed by atoms with Gasteiger partial charge < -0.3 is 9.64 Å². The zero-order chi connectivity index (χ0) is 12.4. The summed E-state index contributed by atoms with van der Waals surface area (Å²) in [5.74, 6) is 1.15. The molecule has 18 heavy (non-hydrogen) atoms. The van der Waals surface area contributed by atoms with Crippen LogP contribution in [0, 0.1) is 17.2 Å². The number of rotatable bonds is 1. The van der Waals surface area contributed by atoms with Gasteiger partial charge in [-0.15, -0.1) is 0 Å². The molecule has 1 fully saturated rings. The van der Waals surface area contributed by atoms with Gasteiger partial charge >= 0.3 is 0 Å². The summed E-state index contributed by atoms with van der Waals surface area (Å²) in [5, 5.41) is 9.28. The van der Waals surface area contributed by atoms with Crippen LogP contribution in [0.1, 0.15) is 25.7 Å². The van der Waals surface area contributed by atoms with Crippen LogP contribution in [0.4, 0.5) is 5.69 Å². The quantitative estimate of drug-likeness (QED) is 0.759. The summed E-state index contributed by atoms with van der Waals surface area (Å²) in [7, 11) is 0. The molecule has 1 aromatic carbocycles. The van der Waals surface area contributed by atoms with Crippen LogP contribution in [0.2, 0.25) is 0 Å². The van der Waals surface area contributed by atoms with Crippen molar-refractivity contribution >= 4 is 5.69 Å². The molecule has 3 heteroatoms. The van der Waals surface area contributed by atoms with E-state index >= 15 is 0 Å². The number of ether oxygens (including phenoxy) is 1. The van der Waals surface area contributed by atoms with Gasteiger partial charge in [-0.3, -0.25) is 0 Å². The van der Waals surface area contributed by atoms with Crippen molar-refractivity contribution < 1.29 is 4.74 Å². The highest BCUT2D eigenvalue weighted by Crippen LogP contribution is 2.38. The molecule has 2 atom stereocenters. The monoisotopic (exact) mass is 242 g/mol. The van der Waals surface area contributed by atoms with Crippen molar-refractivity contribution in [3.63, 3.8) is 0 Å². The average Bonchev–Trinajstić information content (AvgIpc) is 2.78. The van der Waals surface area contributed by atoms with Gasteiger partial charge in [0, 0.05) is 12.6 Å². The number of nitrogens with zero attached hydrogens (tertiary/aromatic N) is 2. The van der Waals surface area contributed by atoms with Crippen molar-refractivity contribution in [3.05, 3.63) is 24.3 Å². The first-order valence-electron chi connectivity index (χ1n) is 6.78. The van der Waals surface area contributed by atoms with Gasteiger partial charge in [-0.25, -0.2) is 0 Å². The van der Waals surface area contributed by atoms with Crippen molar-refractivity contribution in [1.82, 2.24) is 0 Å². The minimum Gasteiger partial charge on any atom is -0.491 e. The summed E-state index contributed by atoms with van der Waals surface area (Å²) >= 11 is 0. The molecular weight excluding hydrogens is 224 g/mol. The smallest absolute Gasteiger partial charge is 0.142 e. The Morgan fingerprint density at radius 2 is 2.11 bits per heavy atom. The number of nitriles is 1. The van der Waals surface area contributed by atoms with Gasteiger partial charge in [0.1, 0.15) is 5.75 Å². The van der Waals surface area contributed by atoms with E-state index in [1.165, 1.54) is 12.1 Å². The Labute approximate surface area is 108 Å². The summed E-state index contributed by atoms with van der Waals surface area (Å²) in [6.07, 6.45) is 4.37. The van der Waals surface area contributed by atoms with Crippen LogP contribution < -0.4 is 9.64 Å². The third-order valence-electron chi connectivity index (χ3n) is 4.02. The lowest BCUT2D eigenvalue weighted by Gasteiger charge is -2.32. The fraction of sp³-hybridized carbons (Fsp3) is 0.533. The number of hydrogen-bond acceptors (Lipinski definition) is 3. The molecule has 1 aliphatic carbocycles. The van der Waals surface area contributed by atoms with Gasteiger partial charge in [-0.05, 0) is 37.8 Å². The first-order chi connectivity index (χ1) is 8.90. The number of fused-ring (bicyclic) bond motifs is 1. The van der Waals surface area contributed by atoms with Crippen molar-refractivity contribution in [3.8, 4) is 11.8 Å². The van der Waals surface area contributed by atoms with E-state index < -0.39 is 0 Å². The van der Waals surface area contributed by atoms with E-state index in [0.29, 0.717) is 6.04 Å². The molecule has 0 spiro atoms. The van der Waals surface area contributed by atoms with Crippen LogP contribution in [0.5, 0.6) is 5.75 Å². The second kappa shape index (κ2) is 4.89. The summed E-state index contributed by atoms with van der Waals surface area (Å²) in [6.45, 7) is 1.78. The maximum Gasteiger partial charge on any atom is 0.142 e. The lowest BCUT2D eigenvalue weighted by molar-refractivity contribution is 0.322. The van der Waals surface area contributed by atoms with Gasteiger partial charge in [0.25, 0.3) is 0 Å². The molecule has 2 unspecified atom stereocenters. The Morgan fingerprint density at radius 3 is 3.00 bits per heavy atom. The average molecular weight is 242 g/mol. The molecule has 1 saturated carbocycles. The lowest BCUT2D eigenvalue weighted by Crippen LogP contribution is -2.38. The molecule has 3 rings (SSSR count). The SMILES string of the molecule is N#CC1CCCC1N1CCCOc2ccccc21. The van der Waals surface area contributed by atoms with Gasteiger partial charge in [-0.2, -0.15) is 5.26 Å². The highest BCUT2D eigenvalue weighted by atomic mass is 16.5. The summed E-state index contributed by atoms with van der Waals surface area (Å²) in [4.78, 5) is 2.41. The third-order valence-corrected chi connectivity index (χ3v) is 4.02. The molecule has 0 aromatic heterocycles. The van der Waals surface area contributed by atoms with E-state index in [0.717, 1.165) is 38.2 Å². The molecule has 0 N–H and O–H groups in total. The Balaban J connectivity index is 1.94. The molecule has 1 aromatic rings. The van der Waals surface area contributed by atoms with E-state index in [-0.39, 0.29) is 5.92 Å². The van der Waals surface area contributed by atoms with E-state index in [9.17, 15) is 5.26 Å². The Hall–Kier alpha value is -1.69. The van der Waals surface area contributed by atoms with Crippen LogP contribution in [0.25, 0.3) is 0 Å². The molecule has 2 aliphatic rings. The van der Waals surface area contributed by atoms with Crippen molar-refractivity contribution in [2.24, 2.45) is 5.92 Å². The van der Waals surface area contributed by atoms with Gasteiger partial charge in [0.05, 0.1) is 24.3 Å². The highest BCUT2D eigenvalue weighted by Gasteiger charge is 2.33. The zero-order valence-corrected chi connectivity index (χ0v) is 10.5. The number of anilines is 1. The standard InChI is InChI=1S/C15H18N2O/c16-11-12-5-3-7-13(12)17-9-4-10-18-15-8-2-1-6-14(15)17/h1-2,6,8,12-13H,3-5,7,9-10H2. The predicted octanol–water partition coefficient (Wildman–Crippen LogP) is 2.97. The maximum atomic E-state index is 9.28. The summed E-state index contributed by atoms with van der Waals surface area (Å²) < 4.78 is 5.78. The second-order valence-electron chi connectivity index (χ2n) is 5.10. The molecular formula is C15H18N2O. The molecule has 3 nitrogen and oxygen atoms in total. The van der Waals surface area contributed by atoms with Crippen molar-refractivity contribution in [2.75, 3.05) is 18.1 Å². The van der Waals surface area contributed by atoms with Crippen LogP contribution in [-0.2, 0) is 0 Å². The van der Waals surface area contributed by atoms with E-state index in [4.69, 9.17) is 4.74 Å². The van der Waals surface area contributed by atoms with Crippen LogP contribution >= 0.6 is 0 Å². The molecule has 1 aliphatic heterocycles. The lowest BCUT2D eigenvalue weighted by atomic mass is 10.0. The normalized spacial score (nSPS) is 26.9.